The van der Waals surface area contributed by atoms with Crippen LogP contribution in [0.3, 0.4) is 0 Å². The van der Waals surface area contributed by atoms with Crippen molar-refractivity contribution in [3.05, 3.63) is 70.8 Å². The normalized spacial score (nSPS) is 17.4. The number of nitrogens with zero attached hydrogens (tertiary/aromatic N) is 1. The van der Waals surface area contributed by atoms with Crippen LogP contribution in [0.25, 0.3) is 0 Å². The van der Waals surface area contributed by atoms with Crippen LogP contribution in [-0.2, 0) is 19.5 Å². The van der Waals surface area contributed by atoms with Gasteiger partial charge >= 0.3 is 0 Å². The molecule has 0 fully saturated rings. The molecule has 3 heteroatoms. The Labute approximate surface area is 125 Å². The molecule has 1 heterocycles. The van der Waals surface area contributed by atoms with E-state index in [1.54, 1.807) is 0 Å². The summed E-state index contributed by atoms with van der Waals surface area (Å²) in [6, 6.07) is 16.2. The van der Waals surface area contributed by atoms with E-state index in [2.05, 4.69) is 25.1 Å². The Morgan fingerprint density at radius 2 is 1.81 bits per heavy atom. The second-order valence-electron chi connectivity index (χ2n) is 5.66. The van der Waals surface area contributed by atoms with Crippen molar-refractivity contribution >= 4 is 5.91 Å². The van der Waals surface area contributed by atoms with Crippen molar-refractivity contribution in [3.8, 4) is 0 Å². The second-order valence-corrected chi connectivity index (χ2v) is 5.66. The number of benzene rings is 2. The van der Waals surface area contributed by atoms with Crippen LogP contribution >= 0.6 is 0 Å². The quantitative estimate of drug-likeness (QED) is 0.919. The van der Waals surface area contributed by atoms with Gasteiger partial charge < -0.3 is 10.6 Å². The van der Waals surface area contributed by atoms with Gasteiger partial charge in [-0.05, 0) is 42.2 Å². The zero-order valence-corrected chi connectivity index (χ0v) is 12.3. The van der Waals surface area contributed by atoms with Gasteiger partial charge in [-0.1, -0.05) is 36.4 Å². The molecule has 0 aliphatic carbocycles. The molecule has 0 bridgehead atoms. The third-order valence-electron chi connectivity index (χ3n) is 4.20. The highest BCUT2D eigenvalue weighted by molar-refractivity contribution is 5.94. The fraction of sp³-hybridized carbons (Fsp3) is 0.278. The minimum Gasteiger partial charge on any atom is -0.331 e. The van der Waals surface area contributed by atoms with Gasteiger partial charge in [-0.25, -0.2) is 0 Å². The molecule has 1 aliphatic rings. The van der Waals surface area contributed by atoms with Crippen molar-refractivity contribution in [1.29, 1.82) is 0 Å². The van der Waals surface area contributed by atoms with Crippen molar-refractivity contribution < 1.29 is 4.79 Å². The average Bonchev–Trinajstić information content (AvgIpc) is 2.53. The molecule has 1 amide bonds. The van der Waals surface area contributed by atoms with E-state index in [0.717, 1.165) is 17.5 Å². The lowest BCUT2D eigenvalue weighted by Crippen LogP contribution is -2.42. The highest BCUT2D eigenvalue weighted by Gasteiger charge is 2.27. The molecule has 0 saturated heterocycles. The first-order valence-corrected chi connectivity index (χ1v) is 7.36. The standard InChI is InChI=1S/C18H20N2O/c1-13-10-16-4-2-3-5-17(16)12-20(13)18(21)15-8-6-14(11-19)7-9-15/h2-9,13H,10-12,19H2,1H3/t13-/m1/s1. The average molecular weight is 280 g/mol. The SMILES string of the molecule is C[C@@H]1Cc2ccccc2CN1C(=O)c1ccc(CN)cc1. The number of hydrogen-bond donors (Lipinski definition) is 1. The van der Waals surface area contributed by atoms with Gasteiger partial charge in [-0.15, -0.1) is 0 Å². The first-order valence-electron chi connectivity index (χ1n) is 7.36. The summed E-state index contributed by atoms with van der Waals surface area (Å²) in [4.78, 5) is 14.7. The highest BCUT2D eigenvalue weighted by Crippen LogP contribution is 2.24. The van der Waals surface area contributed by atoms with Crippen molar-refractivity contribution in [2.24, 2.45) is 5.73 Å². The molecule has 2 aromatic rings. The molecule has 3 rings (SSSR count). The number of amides is 1. The summed E-state index contributed by atoms with van der Waals surface area (Å²) in [7, 11) is 0. The molecule has 21 heavy (non-hydrogen) atoms. The smallest absolute Gasteiger partial charge is 0.254 e. The molecule has 3 nitrogen and oxygen atoms in total. The Bertz CT molecular complexity index is 649. The van der Waals surface area contributed by atoms with Gasteiger partial charge in [0.2, 0.25) is 0 Å². The molecule has 108 valence electrons. The number of rotatable bonds is 2. The van der Waals surface area contributed by atoms with E-state index in [1.807, 2.05) is 35.2 Å². The summed E-state index contributed by atoms with van der Waals surface area (Å²) in [6.45, 7) is 3.30. The van der Waals surface area contributed by atoms with Crippen LogP contribution in [0, 0.1) is 0 Å². The first kappa shape index (κ1) is 13.8. The molecule has 1 atom stereocenters. The van der Waals surface area contributed by atoms with Gasteiger partial charge in [0.15, 0.2) is 0 Å². The highest BCUT2D eigenvalue weighted by atomic mass is 16.2. The molecule has 1 aliphatic heterocycles. The molecular weight excluding hydrogens is 260 g/mol. The Morgan fingerprint density at radius 3 is 2.48 bits per heavy atom. The van der Waals surface area contributed by atoms with Crippen molar-refractivity contribution in [3.63, 3.8) is 0 Å². The Morgan fingerprint density at radius 1 is 1.14 bits per heavy atom. The van der Waals surface area contributed by atoms with Gasteiger partial charge in [-0.3, -0.25) is 4.79 Å². The lowest BCUT2D eigenvalue weighted by atomic mass is 9.94. The molecule has 2 N–H and O–H groups in total. The molecular formula is C18H20N2O. The number of fused-ring (bicyclic) bond motifs is 1. The van der Waals surface area contributed by atoms with Gasteiger partial charge in [-0.2, -0.15) is 0 Å². The summed E-state index contributed by atoms with van der Waals surface area (Å²) >= 11 is 0. The van der Waals surface area contributed by atoms with Crippen LogP contribution in [0.15, 0.2) is 48.5 Å². The van der Waals surface area contributed by atoms with E-state index >= 15 is 0 Å². The van der Waals surface area contributed by atoms with Gasteiger partial charge in [0.05, 0.1) is 0 Å². The maximum atomic E-state index is 12.7. The Balaban J connectivity index is 1.84. The molecule has 0 spiro atoms. The minimum atomic E-state index is 0.0978. The van der Waals surface area contributed by atoms with Crippen LogP contribution in [0.2, 0.25) is 0 Å². The van der Waals surface area contributed by atoms with E-state index < -0.39 is 0 Å². The van der Waals surface area contributed by atoms with E-state index in [4.69, 9.17) is 5.73 Å². The van der Waals surface area contributed by atoms with Crippen LogP contribution in [0.4, 0.5) is 0 Å². The predicted octanol–water partition coefficient (Wildman–Crippen LogP) is 2.73. The third kappa shape index (κ3) is 2.69. The fourth-order valence-electron chi connectivity index (χ4n) is 2.90. The Kier molecular flexibility index (Phi) is 3.76. The summed E-state index contributed by atoms with van der Waals surface area (Å²) in [5.74, 6) is 0.0978. The minimum absolute atomic E-state index is 0.0978. The number of carbonyl (C=O) groups is 1. The van der Waals surface area contributed by atoms with Crippen molar-refractivity contribution in [2.45, 2.75) is 32.5 Å². The van der Waals surface area contributed by atoms with E-state index in [9.17, 15) is 4.79 Å². The second kappa shape index (κ2) is 5.70. The molecule has 0 saturated carbocycles. The van der Waals surface area contributed by atoms with Crippen LogP contribution in [0.1, 0.15) is 34.0 Å². The molecule has 0 radical (unpaired) electrons. The molecule has 0 unspecified atom stereocenters. The number of carbonyl (C=O) groups excluding carboxylic acids is 1. The number of hydrogen-bond acceptors (Lipinski definition) is 2. The molecule has 2 aromatic carbocycles. The lowest BCUT2D eigenvalue weighted by Gasteiger charge is -2.35. The zero-order valence-electron chi connectivity index (χ0n) is 12.3. The Hall–Kier alpha value is -2.13. The summed E-state index contributed by atoms with van der Waals surface area (Å²) in [5.41, 5.74) is 9.98. The van der Waals surface area contributed by atoms with Crippen LogP contribution < -0.4 is 5.73 Å². The summed E-state index contributed by atoms with van der Waals surface area (Å²) in [5, 5.41) is 0. The van der Waals surface area contributed by atoms with E-state index in [1.165, 1.54) is 11.1 Å². The zero-order chi connectivity index (χ0) is 14.8. The maximum Gasteiger partial charge on any atom is 0.254 e. The van der Waals surface area contributed by atoms with Crippen molar-refractivity contribution in [2.75, 3.05) is 0 Å². The largest absolute Gasteiger partial charge is 0.331 e. The maximum absolute atomic E-state index is 12.7. The van der Waals surface area contributed by atoms with Gasteiger partial charge in [0.25, 0.3) is 5.91 Å². The monoisotopic (exact) mass is 280 g/mol. The topological polar surface area (TPSA) is 46.3 Å². The van der Waals surface area contributed by atoms with Crippen LogP contribution in [-0.4, -0.2) is 16.8 Å². The van der Waals surface area contributed by atoms with E-state index in [-0.39, 0.29) is 11.9 Å². The fourth-order valence-corrected chi connectivity index (χ4v) is 2.90. The lowest BCUT2D eigenvalue weighted by molar-refractivity contribution is 0.0658. The predicted molar refractivity (Wildman–Crippen MR) is 83.8 cm³/mol. The molecule has 0 aromatic heterocycles. The van der Waals surface area contributed by atoms with Crippen molar-refractivity contribution in [1.82, 2.24) is 4.90 Å². The van der Waals surface area contributed by atoms with Gasteiger partial charge in [0.1, 0.15) is 0 Å². The third-order valence-corrected chi connectivity index (χ3v) is 4.20. The van der Waals surface area contributed by atoms with Gasteiger partial charge in [0, 0.05) is 24.7 Å². The summed E-state index contributed by atoms with van der Waals surface area (Å²) in [6.07, 6.45) is 0.919. The van der Waals surface area contributed by atoms with Crippen LogP contribution in [0.5, 0.6) is 0 Å². The number of nitrogens with two attached hydrogens (primary N) is 1. The first-order chi connectivity index (χ1) is 10.2. The summed E-state index contributed by atoms with van der Waals surface area (Å²) < 4.78 is 0. The van der Waals surface area contributed by atoms with E-state index in [0.29, 0.717) is 13.1 Å².